The zero-order chi connectivity index (χ0) is 76.6. The number of morpholine rings is 1. The average molecular weight is 1500 g/mol. The zero-order valence-electron chi connectivity index (χ0n) is 73.8. The van der Waals surface area contributed by atoms with Gasteiger partial charge in [0.15, 0.2) is 5.79 Å². The van der Waals surface area contributed by atoms with Gasteiger partial charge >= 0.3 is 0 Å². The number of likely N-dealkylation sites (tertiary alicyclic amines) is 7. The van der Waals surface area contributed by atoms with E-state index in [9.17, 15) is 0 Å². The summed E-state index contributed by atoms with van der Waals surface area (Å²) in [6.45, 7) is 76.8. The lowest BCUT2D eigenvalue weighted by atomic mass is 9.63. The quantitative estimate of drug-likeness (QED) is 0.243. The highest BCUT2D eigenvalue weighted by Crippen LogP contribution is 2.53. The number of hydrogen-bond donors (Lipinski definition) is 0. The highest BCUT2D eigenvalue weighted by Gasteiger charge is 2.52. The molecule has 18 fully saturated rings. The van der Waals surface area contributed by atoms with Crippen LogP contribution in [0.15, 0.2) is 0 Å². The van der Waals surface area contributed by atoms with E-state index >= 15 is 0 Å². The lowest BCUT2D eigenvalue weighted by Crippen LogP contribution is -2.71. The van der Waals surface area contributed by atoms with Crippen LogP contribution >= 0.6 is 0 Å². The maximum atomic E-state index is 5.84. The van der Waals surface area contributed by atoms with Gasteiger partial charge in [0, 0.05) is 170 Å². The third kappa shape index (κ3) is 23.6. The molecule has 0 unspecified atom stereocenters. The predicted molar refractivity (Wildman–Crippen MR) is 451 cm³/mol. The van der Waals surface area contributed by atoms with E-state index in [1.807, 2.05) is 0 Å². The van der Waals surface area contributed by atoms with E-state index in [1.165, 1.54) is 259 Å². The second-order valence-electron chi connectivity index (χ2n) is 43.2. The molecule has 18 aliphatic rings. The van der Waals surface area contributed by atoms with Crippen molar-refractivity contribution in [3.63, 3.8) is 0 Å². The van der Waals surface area contributed by atoms with Gasteiger partial charge in [-0.15, -0.1) is 0 Å². The normalized spacial score (nSPS) is 29.2. The molecule has 15 heteroatoms. The third-order valence-corrected chi connectivity index (χ3v) is 31.0. The van der Waals surface area contributed by atoms with Crippen molar-refractivity contribution in [1.29, 1.82) is 0 Å². The largest absolute Gasteiger partial charge is 0.380 e. The maximum absolute atomic E-state index is 5.84. The number of rotatable bonds is 7. The van der Waals surface area contributed by atoms with Crippen LogP contribution in [0.2, 0.25) is 0 Å². The van der Waals surface area contributed by atoms with Crippen molar-refractivity contribution in [2.24, 2.45) is 32.5 Å². The maximum Gasteiger partial charge on any atom is 0.170 e. The minimum Gasteiger partial charge on any atom is -0.380 e. The van der Waals surface area contributed by atoms with Crippen molar-refractivity contribution < 1.29 is 23.7 Å². The summed E-state index contributed by atoms with van der Waals surface area (Å²) in [7, 11) is 2.22. The molecule has 0 amide bonds. The predicted octanol–water partition coefficient (Wildman–Crippen LogP) is 17.2. The molecule has 107 heavy (non-hydrogen) atoms. The Bertz CT molecular complexity index is 2500. The molecule has 0 aromatic heterocycles. The summed E-state index contributed by atoms with van der Waals surface area (Å²) in [4.78, 5) is 25.7. The summed E-state index contributed by atoms with van der Waals surface area (Å²) in [5.74, 6) is -0.203. The van der Waals surface area contributed by atoms with Crippen LogP contribution in [0.1, 0.15) is 313 Å². The number of piperidine rings is 3. The van der Waals surface area contributed by atoms with Gasteiger partial charge in [0.25, 0.3) is 0 Å². The van der Waals surface area contributed by atoms with Gasteiger partial charge in [0.1, 0.15) is 0 Å². The molecule has 12 aliphatic heterocycles. The molecule has 12 saturated heterocycles. The summed E-state index contributed by atoms with van der Waals surface area (Å²) >= 11 is 0. The van der Waals surface area contributed by atoms with Gasteiger partial charge in [-0.25, -0.2) is 0 Å². The highest BCUT2D eigenvalue weighted by molar-refractivity contribution is 5.06. The number of piperazine rings is 1. The van der Waals surface area contributed by atoms with Gasteiger partial charge in [-0.1, -0.05) is 46.0 Å². The Hall–Kier alpha value is -0.600. The summed E-state index contributed by atoms with van der Waals surface area (Å²) in [6.07, 6.45) is 37.1. The van der Waals surface area contributed by atoms with Gasteiger partial charge in [-0.3, -0.25) is 34.3 Å². The van der Waals surface area contributed by atoms with Gasteiger partial charge in [-0.2, -0.15) is 0 Å². The van der Waals surface area contributed by atoms with Crippen LogP contribution in [0.25, 0.3) is 0 Å². The van der Waals surface area contributed by atoms with Crippen LogP contribution < -0.4 is 0 Å². The Balaban J connectivity index is 0.000000139. The number of ether oxygens (including phenoxy) is 5. The Morgan fingerprint density at radius 3 is 0.963 bits per heavy atom. The molecule has 626 valence electrons. The first-order valence-corrected chi connectivity index (χ1v) is 45.5. The van der Waals surface area contributed by atoms with Crippen LogP contribution in [-0.4, -0.2) is 297 Å². The molecule has 9 spiro atoms. The minimum absolute atomic E-state index is 0. The Labute approximate surface area is 662 Å². The van der Waals surface area contributed by atoms with Crippen molar-refractivity contribution in [2.75, 3.05) is 178 Å². The Morgan fingerprint density at radius 1 is 0.262 bits per heavy atom. The Morgan fingerprint density at radius 2 is 0.607 bits per heavy atom. The number of hydrogen-bond acceptors (Lipinski definition) is 15. The lowest BCUT2D eigenvalue weighted by molar-refractivity contribution is -0.187. The number of nitrogens with zero attached hydrogens (tertiary/aromatic N) is 10. The third-order valence-electron chi connectivity index (χ3n) is 31.0. The van der Waals surface area contributed by atoms with Gasteiger partial charge in [0.05, 0.1) is 57.4 Å². The molecule has 0 radical (unpaired) electrons. The SMILES string of the molecule is C.CC(C)(C)N1CC2(CCCC2)C1.CC(C)(C)N1CCCC2(CCC2)C1.CC(C)N1CC2(CCC2)C1.CC(C)N1CC2(CCC2)C1.CC(C)N1CCC2(CC1)COC2.CC(C)N1CCC2(CC1)OCCO2.CC(C)N1CCC2(CCC2)C1.CC(C)N1CCN(C)C2(COC2)C1.CC(C)N1CCOC2(CCC2)C1. The standard InChI is InChI=1S/C12H23N.C11H21N.C10H20N2O.C10H19NO2.2C10H19NO.C10H19N.2C9H17N.CH4/c1-11(2,3)13-9-5-8-12(10-13)6-4-7-12;1-10(2,3)12-8-11(9-12)6-4-5-7-11;1-9(2)12-5-4-11(3)10(6-12)7-13-8-10;1-9(2)11-5-3-10(4-6-11)12-7-8-13-10;1-9(2)11-5-3-10(4-6-11)7-12-8-10;1-9(2)11-6-7-12-10(8-11)4-3-5-10;1-9(2)11-7-6-10(8-11)4-3-5-10;2*1-8(2)10-6-9(7-10)4-3-5-9;/h4-10H2,1-3H3;4-9H2,1-3H3;9H,4-8H2,1-3H3;9H,3-8H2,1-2H3;2*9H,3-8H2,1-2H3;9H,3-8H2,1-2H3;2*8H,3-7H2,1-2H3;1H4. The second kappa shape index (κ2) is 38.2. The van der Waals surface area contributed by atoms with Crippen molar-refractivity contribution in [3.8, 4) is 0 Å². The minimum atomic E-state index is -0.203. The molecule has 0 bridgehead atoms. The van der Waals surface area contributed by atoms with Crippen molar-refractivity contribution in [1.82, 2.24) is 49.0 Å². The van der Waals surface area contributed by atoms with E-state index in [1.54, 1.807) is 0 Å². The average Bonchev–Trinajstić information content (AvgIpc) is 1.75. The summed E-state index contributed by atoms with van der Waals surface area (Å²) in [6, 6.07) is 5.08. The topological polar surface area (TPSA) is 78.6 Å². The molecule has 0 aromatic rings. The molecule has 0 aromatic carbocycles. The van der Waals surface area contributed by atoms with E-state index in [4.69, 9.17) is 23.7 Å². The van der Waals surface area contributed by atoms with Gasteiger partial charge in [-0.05, 0) is 314 Å². The molecule has 0 atom stereocenters. The van der Waals surface area contributed by atoms with Crippen molar-refractivity contribution in [3.05, 3.63) is 0 Å². The Kier molecular flexibility index (Phi) is 32.3. The van der Waals surface area contributed by atoms with Crippen molar-refractivity contribution in [2.45, 2.75) is 383 Å². The van der Waals surface area contributed by atoms with E-state index < -0.39 is 0 Å². The summed E-state index contributed by atoms with van der Waals surface area (Å²) in [5.41, 5.74) is 6.00. The number of likely N-dealkylation sites (N-methyl/N-ethyl adjacent to an activating group) is 1. The summed E-state index contributed by atoms with van der Waals surface area (Å²) < 4.78 is 27.8. The monoisotopic (exact) mass is 1500 g/mol. The molecule has 6 saturated carbocycles. The highest BCUT2D eigenvalue weighted by atomic mass is 16.7. The molecule has 18 rings (SSSR count). The lowest BCUT2D eigenvalue weighted by Gasteiger charge is -2.57. The molecular weight excluding hydrogens is 1330 g/mol. The van der Waals surface area contributed by atoms with Gasteiger partial charge < -0.3 is 38.4 Å². The van der Waals surface area contributed by atoms with E-state index in [-0.39, 0.29) is 18.8 Å². The fourth-order valence-corrected chi connectivity index (χ4v) is 21.1. The van der Waals surface area contributed by atoms with E-state index in [0.717, 1.165) is 130 Å². The molecule has 12 heterocycles. The first-order chi connectivity index (χ1) is 50.0. The molecule has 6 aliphatic carbocycles. The fraction of sp³-hybridized carbons (Fsp3) is 1.00. The first kappa shape index (κ1) is 90.3. The molecular formula is C92H178N10O5. The molecule has 15 nitrogen and oxygen atoms in total. The van der Waals surface area contributed by atoms with Crippen molar-refractivity contribution >= 4 is 0 Å². The van der Waals surface area contributed by atoms with E-state index in [0.29, 0.717) is 40.2 Å². The van der Waals surface area contributed by atoms with Gasteiger partial charge in [0.2, 0.25) is 0 Å². The zero-order valence-corrected chi connectivity index (χ0v) is 73.8. The van der Waals surface area contributed by atoms with Crippen LogP contribution in [0.5, 0.6) is 0 Å². The first-order valence-electron chi connectivity index (χ1n) is 45.5. The fourth-order valence-electron chi connectivity index (χ4n) is 21.1. The molecule has 0 N–H and O–H groups in total. The smallest absolute Gasteiger partial charge is 0.170 e. The van der Waals surface area contributed by atoms with Crippen LogP contribution in [-0.2, 0) is 23.7 Å². The second-order valence-corrected chi connectivity index (χ2v) is 43.2. The summed E-state index contributed by atoms with van der Waals surface area (Å²) in [5, 5.41) is 0. The van der Waals surface area contributed by atoms with E-state index in [2.05, 4.69) is 195 Å². The van der Waals surface area contributed by atoms with Crippen LogP contribution in [0.4, 0.5) is 0 Å². The van der Waals surface area contributed by atoms with Crippen LogP contribution in [0.3, 0.4) is 0 Å². The van der Waals surface area contributed by atoms with Crippen LogP contribution in [0, 0.1) is 32.5 Å².